The van der Waals surface area contributed by atoms with Gasteiger partial charge >= 0.3 is 0 Å². The maximum absolute atomic E-state index is 11.0. The van der Waals surface area contributed by atoms with Crippen LogP contribution in [0.15, 0.2) is 12.2 Å². The van der Waals surface area contributed by atoms with Gasteiger partial charge in [0.15, 0.2) is 5.12 Å². The minimum Gasteiger partial charge on any atom is -0.287 e. The Morgan fingerprint density at radius 2 is 2.56 bits per heavy atom. The Kier molecular flexibility index (Phi) is 1.15. The zero-order valence-corrected chi connectivity index (χ0v) is 5.86. The minimum atomic E-state index is 0.366. The summed E-state index contributed by atoms with van der Waals surface area (Å²) in [7, 11) is 0. The minimum absolute atomic E-state index is 0.366. The number of carbonyl (C=O) groups excluding carboxylic acids is 1. The van der Waals surface area contributed by atoms with Crippen LogP contribution in [0.1, 0.15) is 12.8 Å². The van der Waals surface area contributed by atoms with Crippen LogP contribution in [0, 0.1) is 5.92 Å². The fourth-order valence-electron chi connectivity index (χ4n) is 1.38. The van der Waals surface area contributed by atoms with Crippen LogP contribution in [-0.2, 0) is 4.79 Å². The Morgan fingerprint density at radius 3 is 3.22 bits per heavy atom. The molecule has 1 aliphatic heterocycles. The number of rotatable bonds is 0. The van der Waals surface area contributed by atoms with Crippen LogP contribution < -0.4 is 0 Å². The van der Waals surface area contributed by atoms with Crippen LogP contribution in [0.5, 0.6) is 0 Å². The van der Waals surface area contributed by atoms with Crippen molar-refractivity contribution in [2.75, 3.05) is 0 Å². The Hall–Kier alpha value is -0.240. The van der Waals surface area contributed by atoms with E-state index in [1.807, 2.05) is 0 Å². The van der Waals surface area contributed by atoms with Crippen LogP contribution in [-0.4, -0.2) is 10.4 Å². The zero-order chi connectivity index (χ0) is 6.27. The van der Waals surface area contributed by atoms with Gasteiger partial charge in [0.05, 0.1) is 0 Å². The second kappa shape index (κ2) is 1.87. The van der Waals surface area contributed by atoms with Crippen LogP contribution in [0.3, 0.4) is 0 Å². The fraction of sp³-hybridized carbons (Fsp3) is 0.571. The molecule has 0 N–H and O–H groups in total. The molecular weight excluding hydrogens is 132 g/mol. The lowest BCUT2D eigenvalue weighted by atomic mass is 9.96. The summed E-state index contributed by atoms with van der Waals surface area (Å²) >= 11 is 1.51. The van der Waals surface area contributed by atoms with Gasteiger partial charge in [0.25, 0.3) is 0 Å². The Labute approximate surface area is 58.5 Å². The van der Waals surface area contributed by atoms with Crippen molar-refractivity contribution in [3.63, 3.8) is 0 Å². The normalized spacial score (nSPS) is 39.8. The molecule has 0 radical (unpaired) electrons. The van der Waals surface area contributed by atoms with Gasteiger partial charge < -0.3 is 0 Å². The first-order valence-corrected chi connectivity index (χ1v) is 4.11. The number of thioether (sulfide) groups is 1. The molecule has 1 aliphatic carbocycles. The molecule has 0 spiro atoms. The first-order chi connectivity index (χ1) is 4.36. The number of hydrogen-bond donors (Lipinski definition) is 0. The molecule has 0 aromatic rings. The molecule has 0 amide bonds. The van der Waals surface area contributed by atoms with E-state index in [1.54, 1.807) is 0 Å². The molecule has 0 aromatic carbocycles. The number of hydrogen-bond acceptors (Lipinski definition) is 2. The van der Waals surface area contributed by atoms with Crippen LogP contribution in [0.4, 0.5) is 0 Å². The highest BCUT2D eigenvalue weighted by molar-refractivity contribution is 8.14. The molecule has 9 heavy (non-hydrogen) atoms. The third-order valence-corrected chi connectivity index (χ3v) is 3.11. The molecule has 2 atom stereocenters. The largest absolute Gasteiger partial charge is 0.287 e. The summed E-state index contributed by atoms with van der Waals surface area (Å²) in [6.07, 6.45) is 6.38. The van der Waals surface area contributed by atoms with E-state index in [1.165, 1.54) is 11.8 Å². The Bertz CT molecular complexity index is 174. The van der Waals surface area contributed by atoms with Crippen LogP contribution >= 0.6 is 11.8 Å². The van der Waals surface area contributed by atoms with E-state index in [-0.39, 0.29) is 0 Å². The highest BCUT2D eigenvalue weighted by atomic mass is 32.2. The van der Waals surface area contributed by atoms with Crippen molar-refractivity contribution in [2.45, 2.75) is 18.1 Å². The van der Waals surface area contributed by atoms with Crippen molar-refractivity contribution in [1.29, 1.82) is 0 Å². The fourth-order valence-corrected chi connectivity index (χ4v) is 2.58. The first-order valence-electron chi connectivity index (χ1n) is 3.23. The molecule has 48 valence electrons. The number of allylic oxidation sites excluding steroid dienone is 1. The van der Waals surface area contributed by atoms with Gasteiger partial charge in [-0.05, 0) is 12.8 Å². The molecule has 2 rings (SSSR count). The predicted molar refractivity (Wildman–Crippen MR) is 38.3 cm³/mol. The van der Waals surface area contributed by atoms with Crippen molar-refractivity contribution in [3.05, 3.63) is 12.2 Å². The summed E-state index contributed by atoms with van der Waals surface area (Å²) in [6.45, 7) is 0. The molecule has 2 heteroatoms. The van der Waals surface area contributed by atoms with Crippen LogP contribution in [0.25, 0.3) is 0 Å². The molecule has 2 aliphatic rings. The van der Waals surface area contributed by atoms with Gasteiger partial charge in [-0.1, -0.05) is 23.9 Å². The maximum Gasteiger partial charge on any atom is 0.192 e. The van der Waals surface area contributed by atoms with E-state index in [9.17, 15) is 4.79 Å². The average molecular weight is 140 g/mol. The Balaban J connectivity index is 2.26. The molecule has 1 fully saturated rings. The molecule has 1 saturated heterocycles. The molecule has 1 heterocycles. The molecule has 0 unspecified atom stereocenters. The number of fused-ring (bicyclic) bond motifs is 2. The maximum atomic E-state index is 11.0. The van der Waals surface area contributed by atoms with Gasteiger partial charge in [-0.25, -0.2) is 0 Å². The smallest absolute Gasteiger partial charge is 0.192 e. The summed E-state index contributed by atoms with van der Waals surface area (Å²) in [4.78, 5) is 11.0. The SMILES string of the molecule is O=C1S[C@@H]2C=CC[C@H]1C2. The van der Waals surface area contributed by atoms with E-state index in [2.05, 4.69) is 12.2 Å². The van der Waals surface area contributed by atoms with Crippen molar-refractivity contribution < 1.29 is 4.79 Å². The predicted octanol–water partition coefficient (Wildman–Crippen LogP) is 1.59. The molecule has 0 aromatic heterocycles. The summed E-state index contributed by atoms with van der Waals surface area (Å²) < 4.78 is 0. The third kappa shape index (κ3) is 0.816. The van der Waals surface area contributed by atoms with Gasteiger partial charge in [0.2, 0.25) is 0 Å². The number of carbonyl (C=O) groups is 1. The average Bonchev–Trinajstić information content (AvgIpc) is 2.09. The van der Waals surface area contributed by atoms with Crippen molar-refractivity contribution in [1.82, 2.24) is 0 Å². The quantitative estimate of drug-likeness (QED) is 0.475. The van der Waals surface area contributed by atoms with Gasteiger partial charge in [-0.2, -0.15) is 0 Å². The summed E-state index contributed by atoms with van der Waals surface area (Å²) in [5.41, 5.74) is 0. The van der Waals surface area contributed by atoms with Crippen molar-refractivity contribution >= 4 is 16.9 Å². The lowest BCUT2D eigenvalue weighted by molar-refractivity contribution is -0.113. The highest BCUT2D eigenvalue weighted by Crippen LogP contribution is 2.38. The summed E-state index contributed by atoms with van der Waals surface area (Å²) in [5, 5.41) is 0.932. The molecule has 2 bridgehead atoms. The third-order valence-electron chi connectivity index (χ3n) is 1.89. The van der Waals surface area contributed by atoms with Gasteiger partial charge in [-0.15, -0.1) is 0 Å². The topological polar surface area (TPSA) is 17.1 Å². The van der Waals surface area contributed by atoms with Crippen molar-refractivity contribution in [3.8, 4) is 0 Å². The summed E-state index contributed by atoms with van der Waals surface area (Å²) in [6, 6.07) is 0. The highest BCUT2D eigenvalue weighted by Gasteiger charge is 2.33. The lowest BCUT2D eigenvalue weighted by Gasteiger charge is -2.07. The van der Waals surface area contributed by atoms with E-state index < -0.39 is 0 Å². The Morgan fingerprint density at radius 1 is 1.67 bits per heavy atom. The van der Waals surface area contributed by atoms with Crippen molar-refractivity contribution in [2.24, 2.45) is 5.92 Å². The monoisotopic (exact) mass is 140 g/mol. The van der Waals surface area contributed by atoms with E-state index in [4.69, 9.17) is 0 Å². The molecule has 1 nitrogen and oxygen atoms in total. The van der Waals surface area contributed by atoms with E-state index in [0.29, 0.717) is 16.3 Å². The standard InChI is InChI=1S/C7H8OS/c8-7-5-2-1-3-6(4-5)9-7/h1,3,5-6H,2,4H2/t5-,6+/m0/s1. The lowest BCUT2D eigenvalue weighted by Crippen LogP contribution is -2.05. The zero-order valence-electron chi connectivity index (χ0n) is 5.04. The van der Waals surface area contributed by atoms with E-state index in [0.717, 1.165) is 12.8 Å². The first kappa shape index (κ1) is 5.54. The van der Waals surface area contributed by atoms with Gasteiger partial charge in [0.1, 0.15) is 0 Å². The van der Waals surface area contributed by atoms with E-state index >= 15 is 0 Å². The van der Waals surface area contributed by atoms with Crippen LogP contribution in [0.2, 0.25) is 0 Å². The second-order valence-corrected chi connectivity index (χ2v) is 3.82. The van der Waals surface area contributed by atoms with Gasteiger partial charge in [-0.3, -0.25) is 4.79 Å². The second-order valence-electron chi connectivity index (χ2n) is 2.57. The molecular formula is C7H8OS. The summed E-state index contributed by atoms with van der Waals surface area (Å²) in [5.74, 6) is 0.366. The van der Waals surface area contributed by atoms with Gasteiger partial charge in [0, 0.05) is 11.2 Å². The molecule has 0 saturated carbocycles.